The lowest BCUT2D eigenvalue weighted by Gasteiger charge is -2.35. The van der Waals surface area contributed by atoms with Gasteiger partial charge in [0.1, 0.15) is 12.2 Å². The van der Waals surface area contributed by atoms with Crippen molar-refractivity contribution in [2.24, 2.45) is 0 Å². The Bertz CT molecular complexity index is 456. The lowest BCUT2D eigenvalue weighted by atomic mass is 10.1. The van der Waals surface area contributed by atoms with Crippen molar-refractivity contribution in [3.63, 3.8) is 0 Å². The van der Waals surface area contributed by atoms with E-state index in [1.807, 2.05) is 25.7 Å². The normalized spacial score (nSPS) is 34.1. The van der Waals surface area contributed by atoms with E-state index < -0.39 is 18.4 Å². The number of ether oxygens (including phenoxy) is 3. The minimum atomic E-state index is -0.720. The second-order valence-electron chi connectivity index (χ2n) is 6.20. The number of aliphatic hydroxyl groups is 1. The molecule has 0 radical (unpaired) electrons. The van der Waals surface area contributed by atoms with Gasteiger partial charge in [-0.25, -0.2) is 0 Å². The highest BCUT2D eigenvalue weighted by Gasteiger charge is 2.47. The molecular weight excluding hydrogens is 300 g/mol. The Kier molecular flexibility index (Phi) is 6.02. The number of hydrogen-bond acceptors (Lipinski definition) is 6. The van der Waals surface area contributed by atoms with E-state index in [9.17, 15) is 9.90 Å². The smallest absolute Gasteiger partial charge is 0.249 e. The Hall–Kier alpha value is -1.15. The second-order valence-corrected chi connectivity index (χ2v) is 6.20. The number of hydrogen-bond donors (Lipinski definition) is 2. The molecule has 132 valence electrons. The van der Waals surface area contributed by atoms with E-state index in [4.69, 9.17) is 14.2 Å². The highest BCUT2D eigenvalue weighted by molar-refractivity contribution is 5.93. The van der Waals surface area contributed by atoms with Crippen LogP contribution in [0.25, 0.3) is 0 Å². The summed E-state index contributed by atoms with van der Waals surface area (Å²) in [7, 11) is 1.63. The fraction of sp³-hybridized carbons (Fsp3) is 0.812. The lowest BCUT2D eigenvalue weighted by molar-refractivity contribution is -0.143. The van der Waals surface area contributed by atoms with E-state index >= 15 is 0 Å². The van der Waals surface area contributed by atoms with Crippen molar-refractivity contribution in [2.45, 2.75) is 70.9 Å². The highest BCUT2D eigenvalue weighted by Crippen LogP contribution is 2.30. The largest absolute Gasteiger partial charge is 0.388 e. The summed E-state index contributed by atoms with van der Waals surface area (Å²) in [5.41, 5.74) is 0.603. The molecule has 0 aromatic carbocycles. The van der Waals surface area contributed by atoms with Crippen LogP contribution in [0.2, 0.25) is 0 Å². The molecule has 0 aromatic heterocycles. The molecule has 0 bridgehead atoms. The lowest BCUT2D eigenvalue weighted by Crippen LogP contribution is -2.51. The van der Waals surface area contributed by atoms with Gasteiger partial charge in [0.2, 0.25) is 5.91 Å². The van der Waals surface area contributed by atoms with E-state index in [2.05, 4.69) is 5.32 Å². The van der Waals surface area contributed by atoms with Gasteiger partial charge in [-0.3, -0.25) is 4.79 Å². The third-order valence-electron chi connectivity index (χ3n) is 4.59. The maximum Gasteiger partial charge on any atom is 0.249 e. The van der Waals surface area contributed by atoms with Crippen molar-refractivity contribution < 1.29 is 24.1 Å². The first-order chi connectivity index (χ1) is 10.9. The molecule has 2 rings (SSSR count). The monoisotopic (exact) mass is 328 g/mol. The fourth-order valence-electron chi connectivity index (χ4n) is 2.84. The van der Waals surface area contributed by atoms with Gasteiger partial charge in [0.05, 0.1) is 25.0 Å². The maximum absolute atomic E-state index is 11.6. The first-order valence-corrected chi connectivity index (χ1v) is 8.13. The average Bonchev–Trinajstić information content (AvgIpc) is 2.85. The minimum absolute atomic E-state index is 0.0920. The van der Waals surface area contributed by atoms with Gasteiger partial charge in [0, 0.05) is 18.9 Å². The molecule has 2 N–H and O–H groups in total. The van der Waals surface area contributed by atoms with Gasteiger partial charge in [-0.15, -0.1) is 0 Å². The summed E-state index contributed by atoms with van der Waals surface area (Å²) < 4.78 is 17.3. The van der Waals surface area contributed by atoms with Crippen LogP contribution in [-0.2, 0) is 19.0 Å². The predicted octanol–water partition coefficient (Wildman–Crippen LogP) is 0.584. The molecule has 1 saturated heterocycles. The summed E-state index contributed by atoms with van der Waals surface area (Å²) in [6.45, 7) is 7.88. The van der Waals surface area contributed by atoms with Crippen LogP contribution in [0.5, 0.6) is 0 Å². The molecule has 6 unspecified atom stereocenters. The standard InChI is InChI=1S/C16H28N2O5/c1-6-12-13(19)14(22-11(4)10(3)21-5)16(23-12)18-7-9(2)15(20)17-8-18/h7,10-14,16,19H,6,8H2,1-5H3,(H,17,20). The second kappa shape index (κ2) is 7.61. The SMILES string of the molecule is CCC1OC(N2C=C(C)C(=O)NC2)C(OC(C)C(C)OC)C1O. The van der Waals surface area contributed by atoms with Gasteiger partial charge in [0.25, 0.3) is 0 Å². The first-order valence-electron chi connectivity index (χ1n) is 8.13. The van der Waals surface area contributed by atoms with Crippen LogP contribution in [0, 0.1) is 0 Å². The summed E-state index contributed by atoms with van der Waals surface area (Å²) in [6, 6.07) is 0. The molecule has 0 saturated carbocycles. The molecule has 1 amide bonds. The summed E-state index contributed by atoms with van der Waals surface area (Å²) in [6.07, 6.45) is 0.199. The molecule has 7 heteroatoms. The van der Waals surface area contributed by atoms with E-state index in [-0.39, 0.29) is 24.2 Å². The Morgan fingerprint density at radius 1 is 1.48 bits per heavy atom. The maximum atomic E-state index is 11.6. The van der Waals surface area contributed by atoms with Crippen LogP contribution >= 0.6 is 0 Å². The van der Waals surface area contributed by atoms with E-state index in [0.717, 1.165) is 0 Å². The van der Waals surface area contributed by atoms with Crippen LogP contribution < -0.4 is 5.32 Å². The van der Waals surface area contributed by atoms with Crippen molar-refractivity contribution >= 4 is 5.91 Å². The van der Waals surface area contributed by atoms with E-state index in [0.29, 0.717) is 18.7 Å². The van der Waals surface area contributed by atoms with Gasteiger partial charge in [-0.2, -0.15) is 0 Å². The van der Waals surface area contributed by atoms with Crippen LogP contribution in [0.4, 0.5) is 0 Å². The highest BCUT2D eigenvalue weighted by atomic mass is 16.6. The summed E-state index contributed by atoms with van der Waals surface area (Å²) in [4.78, 5) is 13.4. The fourth-order valence-corrected chi connectivity index (χ4v) is 2.84. The molecule has 1 fully saturated rings. The summed E-state index contributed by atoms with van der Waals surface area (Å²) in [5, 5.41) is 13.3. The summed E-state index contributed by atoms with van der Waals surface area (Å²) in [5.74, 6) is -0.0920. The van der Waals surface area contributed by atoms with Gasteiger partial charge in [-0.05, 0) is 27.2 Å². The number of methoxy groups -OCH3 is 1. The molecule has 2 aliphatic heterocycles. The minimum Gasteiger partial charge on any atom is -0.388 e. The number of nitrogens with zero attached hydrogens (tertiary/aromatic N) is 1. The molecular formula is C16H28N2O5. The number of carbonyl (C=O) groups excluding carboxylic acids is 1. The molecule has 6 atom stereocenters. The molecule has 2 aliphatic rings. The predicted molar refractivity (Wildman–Crippen MR) is 84.4 cm³/mol. The topological polar surface area (TPSA) is 80.3 Å². The average molecular weight is 328 g/mol. The molecule has 7 nitrogen and oxygen atoms in total. The molecule has 0 aromatic rings. The number of aliphatic hydroxyl groups excluding tert-OH is 1. The van der Waals surface area contributed by atoms with E-state index in [1.165, 1.54) is 0 Å². The van der Waals surface area contributed by atoms with Gasteiger partial charge < -0.3 is 29.5 Å². The van der Waals surface area contributed by atoms with Crippen molar-refractivity contribution in [2.75, 3.05) is 13.8 Å². The van der Waals surface area contributed by atoms with Crippen molar-refractivity contribution in [3.05, 3.63) is 11.8 Å². The molecule has 2 heterocycles. The van der Waals surface area contributed by atoms with Gasteiger partial charge in [-0.1, -0.05) is 6.92 Å². The number of rotatable bonds is 6. The first kappa shape index (κ1) is 18.2. The Labute approximate surface area is 137 Å². The van der Waals surface area contributed by atoms with Crippen molar-refractivity contribution in [1.29, 1.82) is 0 Å². The molecule has 0 aliphatic carbocycles. The van der Waals surface area contributed by atoms with Crippen LogP contribution in [0.3, 0.4) is 0 Å². The third kappa shape index (κ3) is 3.85. The van der Waals surface area contributed by atoms with Crippen LogP contribution in [0.1, 0.15) is 34.1 Å². The van der Waals surface area contributed by atoms with E-state index in [1.54, 1.807) is 20.2 Å². The zero-order chi connectivity index (χ0) is 17.1. The van der Waals surface area contributed by atoms with Crippen molar-refractivity contribution in [1.82, 2.24) is 10.2 Å². The molecule has 0 spiro atoms. The van der Waals surface area contributed by atoms with Gasteiger partial charge in [0.15, 0.2) is 6.23 Å². The zero-order valence-corrected chi connectivity index (χ0v) is 14.5. The van der Waals surface area contributed by atoms with Gasteiger partial charge >= 0.3 is 0 Å². The Balaban J connectivity index is 2.16. The van der Waals surface area contributed by atoms with Crippen LogP contribution in [0.15, 0.2) is 11.8 Å². The Morgan fingerprint density at radius 2 is 2.17 bits per heavy atom. The van der Waals surface area contributed by atoms with Crippen LogP contribution in [-0.4, -0.2) is 66.4 Å². The number of carbonyl (C=O) groups is 1. The molecule has 23 heavy (non-hydrogen) atoms. The third-order valence-corrected chi connectivity index (χ3v) is 4.59. The quantitative estimate of drug-likeness (QED) is 0.743. The summed E-state index contributed by atoms with van der Waals surface area (Å²) >= 11 is 0. The number of amides is 1. The Morgan fingerprint density at radius 3 is 2.74 bits per heavy atom. The van der Waals surface area contributed by atoms with Crippen molar-refractivity contribution in [3.8, 4) is 0 Å². The zero-order valence-electron chi connectivity index (χ0n) is 14.5. The number of nitrogens with one attached hydrogen (secondary N) is 1.